The van der Waals surface area contributed by atoms with Gasteiger partial charge in [-0.1, -0.05) is 134 Å². The highest BCUT2D eigenvalue weighted by Gasteiger charge is 2.20. The number of rotatable bonds is 10. The van der Waals surface area contributed by atoms with Crippen molar-refractivity contribution in [1.82, 2.24) is 9.55 Å². The van der Waals surface area contributed by atoms with E-state index in [1.165, 1.54) is 5.56 Å². The van der Waals surface area contributed by atoms with E-state index >= 15 is 0 Å². The number of aromatic nitrogens is 2. The van der Waals surface area contributed by atoms with E-state index in [-0.39, 0.29) is 11.0 Å². The van der Waals surface area contributed by atoms with Crippen LogP contribution < -0.4 is 20.5 Å². The lowest BCUT2D eigenvalue weighted by atomic mass is 9.86. The first kappa shape index (κ1) is 37.9. The molecular formula is C58H47BrN4O2. The Bertz CT molecular complexity index is 3470. The number of para-hydroxylation sites is 3. The van der Waals surface area contributed by atoms with E-state index in [0.717, 1.165) is 59.9 Å². The Balaban J connectivity index is 0.959. The van der Waals surface area contributed by atoms with Crippen LogP contribution >= 0.6 is 15.9 Å². The Morgan fingerprint density at radius 3 is 1.89 bits per heavy atom. The summed E-state index contributed by atoms with van der Waals surface area (Å²) in [5.41, 5.74) is 17.3. The molecule has 2 heterocycles. The zero-order valence-corrected chi connectivity index (χ0v) is 37.7. The van der Waals surface area contributed by atoms with Crippen molar-refractivity contribution in [3.8, 4) is 62.2 Å². The zero-order valence-electron chi connectivity index (χ0n) is 39.1. The summed E-state index contributed by atoms with van der Waals surface area (Å²) in [7, 11) is 0. The molecule has 0 saturated carbocycles. The number of hydrogen-bond acceptors (Lipinski definition) is 5. The zero-order chi connectivity index (χ0) is 47.2. The average Bonchev–Trinajstić information content (AvgIpc) is 3.65. The number of nitrogens with zero attached hydrogens (tertiary/aromatic N) is 2. The van der Waals surface area contributed by atoms with Crippen molar-refractivity contribution in [2.24, 2.45) is 0 Å². The Hall–Kier alpha value is -7.61. The van der Waals surface area contributed by atoms with Crippen molar-refractivity contribution in [2.45, 2.75) is 33.0 Å². The van der Waals surface area contributed by atoms with Gasteiger partial charge >= 0.3 is 0 Å². The van der Waals surface area contributed by atoms with Gasteiger partial charge < -0.3 is 20.5 Å². The second kappa shape index (κ2) is 17.2. The number of ether oxygens (including phenoxy) is 2. The minimum absolute atomic E-state index is 0.0800. The molecule has 318 valence electrons. The summed E-state index contributed by atoms with van der Waals surface area (Å²) in [6, 6.07) is 61.6. The molecular weight excluding hydrogens is 865 g/mol. The summed E-state index contributed by atoms with van der Waals surface area (Å²) in [5.74, 6) is 3.09. The van der Waals surface area contributed by atoms with Gasteiger partial charge in [0.25, 0.3) is 0 Å². The molecule has 0 aliphatic carbocycles. The largest absolute Gasteiger partial charge is 0.457 e. The van der Waals surface area contributed by atoms with Crippen LogP contribution in [-0.4, -0.2) is 9.55 Å². The number of nitrogens with two attached hydrogens (primary N) is 1. The number of benzene rings is 8. The molecule has 0 aliphatic heterocycles. The summed E-state index contributed by atoms with van der Waals surface area (Å²) in [6.07, 6.45) is 1.66. The van der Waals surface area contributed by atoms with E-state index < -0.39 is 6.85 Å². The van der Waals surface area contributed by atoms with Crippen LogP contribution in [0.3, 0.4) is 0 Å². The number of pyridine rings is 1. The average molecular weight is 915 g/mol. The number of aryl methyl sites for hydroxylation is 1. The molecule has 0 aliphatic rings. The highest BCUT2D eigenvalue weighted by atomic mass is 79.9. The predicted molar refractivity (Wildman–Crippen MR) is 273 cm³/mol. The Morgan fingerprint density at radius 1 is 0.569 bits per heavy atom. The van der Waals surface area contributed by atoms with Gasteiger partial charge in [-0.25, -0.2) is 4.98 Å². The topological polar surface area (TPSA) is 74.3 Å². The third-order valence-corrected chi connectivity index (χ3v) is 12.2. The highest BCUT2D eigenvalue weighted by Crippen LogP contribution is 2.42. The molecule has 65 heavy (non-hydrogen) atoms. The molecule has 6 nitrogen and oxygen atoms in total. The summed E-state index contributed by atoms with van der Waals surface area (Å²) in [4.78, 5) is 4.97. The summed E-state index contributed by atoms with van der Waals surface area (Å²) >= 11 is 3.54. The Morgan fingerprint density at radius 2 is 1.20 bits per heavy atom. The fraction of sp³-hybridized carbons (Fsp3) is 0.0862. The van der Waals surface area contributed by atoms with Crippen LogP contribution in [0.25, 0.3) is 61.0 Å². The standard InChI is InChI=1S/C58H47BrN4O2/c1-37-32-56(63-54-31-24-41(58(2,3)4)33-50(54)49-30-29-46(35-55(49)63)65-45-15-10-14-42(59)34-45)61-36-51(37)40-22-27-44(28-23-40)64-43-25-20-39(21-26-43)48-17-11-16-47(38-12-6-5-7-13-38)57(48)62-53-19-9-8-18-52(53)60/h5-36,62H,60H2,1-4H3/i1D3. The van der Waals surface area contributed by atoms with Crippen LogP contribution in [-0.2, 0) is 5.41 Å². The van der Waals surface area contributed by atoms with Crippen molar-refractivity contribution < 1.29 is 13.6 Å². The lowest BCUT2D eigenvalue weighted by Crippen LogP contribution is -2.10. The van der Waals surface area contributed by atoms with E-state index in [1.807, 2.05) is 132 Å². The molecule has 0 unspecified atom stereocenters. The molecule has 10 aromatic rings. The molecule has 2 aromatic heterocycles. The maximum Gasteiger partial charge on any atom is 0.137 e. The first-order chi connectivity index (χ1) is 32.8. The molecule has 0 atom stereocenters. The van der Waals surface area contributed by atoms with Crippen LogP contribution in [0.15, 0.2) is 199 Å². The SMILES string of the molecule is [2H]C([2H])([2H])c1cc(-n2c3ccc(C(C)(C)C)cc3c3ccc(Oc4cccc(Br)c4)cc32)ncc1-c1ccc(Oc2ccc(-c3cccc(-c4ccccc4)c3Nc3ccccc3N)cc2)cc1. The Labute approximate surface area is 392 Å². The molecule has 0 spiro atoms. The van der Waals surface area contributed by atoms with Crippen molar-refractivity contribution in [3.05, 3.63) is 210 Å². The van der Waals surface area contributed by atoms with Gasteiger partial charge in [-0.15, -0.1) is 0 Å². The fourth-order valence-electron chi connectivity index (χ4n) is 8.31. The second-order valence-electron chi connectivity index (χ2n) is 17.1. The maximum absolute atomic E-state index is 8.73. The first-order valence-corrected chi connectivity index (χ1v) is 22.3. The van der Waals surface area contributed by atoms with Crippen LogP contribution in [0.4, 0.5) is 17.1 Å². The normalized spacial score (nSPS) is 12.4. The van der Waals surface area contributed by atoms with E-state index in [9.17, 15) is 0 Å². The van der Waals surface area contributed by atoms with Crippen molar-refractivity contribution in [3.63, 3.8) is 0 Å². The number of anilines is 3. The number of hydrogen-bond donors (Lipinski definition) is 2. The molecule has 7 heteroatoms. The molecule has 0 fully saturated rings. The lowest BCUT2D eigenvalue weighted by molar-refractivity contribution is 0.482. The van der Waals surface area contributed by atoms with Gasteiger partial charge in [0, 0.05) is 48.3 Å². The van der Waals surface area contributed by atoms with Gasteiger partial charge in [0.15, 0.2) is 0 Å². The first-order valence-electron chi connectivity index (χ1n) is 23.0. The molecule has 0 bridgehead atoms. The van der Waals surface area contributed by atoms with Crippen molar-refractivity contribution >= 4 is 54.8 Å². The smallest absolute Gasteiger partial charge is 0.137 e. The van der Waals surface area contributed by atoms with Gasteiger partial charge in [-0.3, -0.25) is 4.57 Å². The minimum atomic E-state index is -2.44. The van der Waals surface area contributed by atoms with Crippen LogP contribution in [0.5, 0.6) is 23.0 Å². The number of fused-ring (bicyclic) bond motifs is 3. The van der Waals surface area contributed by atoms with Gasteiger partial charge in [0.05, 0.1) is 28.1 Å². The summed E-state index contributed by atoms with van der Waals surface area (Å²) < 4.78 is 41.8. The van der Waals surface area contributed by atoms with Crippen molar-refractivity contribution in [2.75, 3.05) is 11.1 Å². The van der Waals surface area contributed by atoms with Gasteiger partial charge in [0.1, 0.15) is 28.8 Å². The van der Waals surface area contributed by atoms with Gasteiger partial charge in [-0.05, 0) is 125 Å². The summed E-state index contributed by atoms with van der Waals surface area (Å²) in [5, 5.41) is 5.68. The monoisotopic (exact) mass is 913 g/mol. The van der Waals surface area contributed by atoms with E-state index in [1.54, 1.807) is 12.3 Å². The summed E-state index contributed by atoms with van der Waals surface area (Å²) in [6.45, 7) is 4.14. The molecule has 0 saturated heterocycles. The number of nitrogens with one attached hydrogen (secondary N) is 1. The molecule has 3 N–H and O–H groups in total. The molecule has 10 rings (SSSR count). The third kappa shape index (κ3) is 8.46. The fourth-order valence-corrected chi connectivity index (χ4v) is 8.69. The van der Waals surface area contributed by atoms with Crippen LogP contribution in [0.1, 0.15) is 36.0 Å². The van der Waals surface area contributed by atoms with Gasteiger partial charge in [-0.2, -0.15) is 0 Å². The molecule has 0 amide bonds. The number of halogens is 1. The van der Waals surface area contributed by atoms with E-state index in [2.05, 4.69) is 96.6 Å². The second-order valence-corrected chi connectivity index (χ2v) is 18.0. The quantitative estimate of drug-likeness (QED) is 0.134. The van der Waals surface area contributed by atoms with Crippen LogP contribution in [0.2, 0.25) is 0 Å². The van der Waals surface area contributed by atoms with E-state index in [4.69, 9.17) is 24.3 Å². The maximum atomic E-state index is 8.73. The van der Waals surface area contributed by atoms with Crippen molar-refractivity contribution in [1.29, 1.82) is 0 Å². The van der Waals surface area contributed by atoms with Gasteiger partial charge in [0.2, 0.25) is 0 Å². The third-order valence-electron chi connectivity index (χ3n) is 11.7. The molecule has 8 aromatic carbocycles. The minimum Gasteiger partial charge on any atom is -0.457 e. The Kier molecular flexibility index (Phi) is 10.0. The van der Waals surface area contributed by atoms with E-state index in [0.29, 0.717) is 45.6 Å². The molecule has 0 radical (unpaired) electrons. The lowest BCUT2D eigenvalue weighted by Gasteiger charge is -2.19. The number of nitrogen functional groups attached to an aromatic ring is 1. The van der Waals surface area contributed by atoms with Crippen LogP contribution in [0, 0.1) is 6.85 Å². The highest BCUT2D eigenvalue weighted by molar-refractivity contribution is 9.10. The predicted octanol–water partition coefficient (Wildman–Crippen LogP) is 16.5.